The second-order valence-electron chi connectivity index (χ2n) is 7.78. The summed E-state index contributed by atoms with van der Waals surface area (Å²) in [4.78, 5) is 29.4. The highest BCUT2D eigenvalue weighted by Crippen LogP contribution is 2.21. The van der Waals surface area contributed by atoms with E-state index in [0.29, 0.717) is 17.7 Å². The van der Waals surface area contributed by atoms with Gasteiger partial charge in [-0.1, -0.05) is 42.5 Å². The molecule has 1 aliphatic rings. The van der Waals surface area contributed by atoms with E-state index in [-0.39, 0.29) is 12.5 Å². The van der Waals surface area contributed by atoms with Crippen LogP contribution in [0.5, 0.6) is 0 Å². The molecule has 0 radical (unpaired) electrons. The van der Waals surface area contributed by atoms with Crippen molar-refractivity contribution < 1.29 is 14.7 Å². The third kappa shape index (κ3) is 7.15. The van der Waals surface area contributed by atoms with Crippen molar-refractivity contribution in [3.8, 4) is 0 Å². The molecule has 30 heavy (non-hydrogen) atoms. The van der Waals surface area contributed by atoms with Gasteiger partial charge in [-0.05, 0) is 74.5 Å². The van der Waals surface area contributed by atoms with Crippen molar-refractivity contribution >= 4 is 5.91 Å². The number of nitrogens with one attached hydrogen (secondary N) is 1. The molecule has 1 aliphatic heterocycles. The molecular formula is C23H29N3O4. The third-order valence-electron chi connectivity index (χ3n) is 5.54. The maximum absolute atomic E-state index is 12.3. The fourth-order valence-electron chi connectivity index (χ4n) is 3.90. The fraction of sp³-hybridized carbons (Fsp3) is 0.435. The summed E-state index contributed by atoms with van der Waals surface area (Å²) < 4.78 is 0. The zero-order valence-corrected chi connectivity index (χ0v) is 17.2. The molecule has 3 rings (SSSR count). The summed E-state index contributed by atoms with van der Waals surface area (Å²) >= 11 is 0. The lowest BCUT2D eigenvalue weighted by atomic mass is 9.90. The second kappa shape index (κ2) is 11.3. The van der Waals surface area contributed by atoms with Crippen LogP contribution in [-0.2, 0) is 17.9 Å². The number of likely N-dealkylation sites (tertiary alicyclic amines) is 1. The average molecular weight is 412 g/mol. The van der Waals surface area contributed by atoms with Crippen LogP contribution in [0.15, 0.2) is 54.6 Å². The first-order chi connectivity index (χ1) is 14.6. The van der Waals surface area contributed by atoms with Gasteiger partial charge in [0, 0.05) is 12.1 Å². The maximum Gasteiger partial charge on any atom is 0.294 e. The molecule has 2 aromatic carbocycles. The summed E-state index contributed by atoms with van der Waals surface area (Å²) in [5.74, 6) is 0.592. The second-order valence-corrected chi connectivity index (χ2v) is 7.78. The average Bonchev–Trinajstić information content (AvgIpc) is 2.77. The van der Waals surface area contributed by atoms with Crippen molar-refractivity contribution in [1.82, 2.24) is 10.2 Å². The molecule has 1 heterocycles. The molecule has 1 amide bonds. The van der Waals surface area contributed by atoms with Crippen LogP contribution >= 0.6 is 0 Å². The van der Waals surface area contributed by atoms with Crippen molar-refractivity contribution in [2.75, 3.05) is 26.2 Å². The number of carbonyl (C=O) groups is 1. The van der Waals surface area contributed by atoms with E-state index in [0.717, 1.165) is 38.4 Å². The van der Waals surface area contributed by atoms with Gasteiger partial charge in [0.1, 0.15) is 6.61 Å². The molecule has 2 aromatic rings. The summed E-state index contributed by atoms with van der Waals surface area (Å²) in [6.45, 7) is 3.66. The van der Waals surface area contributed by atoms with E-state index >= 15 is 0 Å². The molecule has 7 nitrogen and oxygen atoms in total. The minimum Gasteiger partial charge on any atom is -0.352 e. The van der Waals surface area contributed by atoms with Gasteiger partial charge in [-0.25, -0.2) is 0 Å². The highest BCUT2D eigenvalue weighted by atomic mass is 16.9. The van der Waals surface area contributed by atoms with E-state index in [2.05, 4.69) is 45.4 Å². The Morgan fingerprint density at radius 3 is 2.57 bits per heavy atom. The van der Waals surface area contributed by atoms with Gasteiger partial charge in [0.2, 0.25) is 0 Å². The molecule has 0 aromatic heterocycles. The Hall–Kier alpha value is -2.93. The number of hydrogen-bond acceptors (Lipinski definition) is 5. The predicted octanol–water partition coefficient (Wildman–Crippen LogP) is 3.47. The van der Waals surface area contributed by atoms with Crippen LogP contribution in [0.25, 0.3) is 0 Å². The first-order valence-electron chi connectivity index (χ1n) is 10.5. The third-order valence-corrected chi connectivity index (χ3v) is 5.54. The van der Waals surface area contributed by atoms with E-state index in [1.807, 2.05) is 0 Å². The van der Waals surface area contributed by atoms with Crippen LogP contribution in [0, 0.1) is 16.0 Å². The zero-order chi connectivity index (χ0) is 21.2. The minimum absolute atomic E-state index is 0.158. The van der Waals surface area contributed by atoms with Crippen LogP contribution in [0.3, 0.4) is 0 Å². The first kappa shape index (κ1) is 21.8. The number of nitrogens with zero attached hydrogens (tertiary/aromatic N) is 2. The molecule has 0 unspecified atom stereocenters. The zero-order valence-electron chi connectivity index (χ0n) is 17.2. The van der Waals surface area contributed by atoms with E-state index in [9.17, 15) is 14.9 Å². The number of piperidine rings is 1. The molecule has 0 aliphatic carbocycles. The van der Waals surface area contributed by atoms with Gasteiger partial charge in [0.05, 0.1) is 0 Å². The first-order valence-corrected chi connectivity index (χ1v) is 10.5. The van der Waals surface area contributed by atoms with Gasteiger partial charge >= 0.3 is 0 Å². The standard InChI is InChI=1S/C23H29N3O4/c27-23(22-9-4-8-21(17-22)18-30-26(28)29)24-12-5-13-25-14-10-20(11-15-25)16-19-6-2-1-3-7-19/h1-4,6-9,17,20H,5,10-16,18H2,(H,24,27). The molecule has 1 fully saturated rings. The SMILES string of the molecule is O=C(NCCCN1CCC(Cc2ccccc2)CC1)c1cccc(CO[N+](=O)[O-])c1. The minimum atomic E-state index is -0.836. The van der Waals surface area contributed by atoms with Crippen molar-refractivity contribution in [3.63, 3.8) is 0 Å². The van der Waals surface area contributed by atoms with Crippen LogP contribution in [0.1, 0.15) is 40.7 Å². The topological polar surface area (TPSA) is 84.7 Å². The highest BCUT2D eigenvalue weighted by Gasteiger charge is 2.19. The Morgan fingerprint density at radius 2 is 1.83 bits per heavy atom. The Morgan fingerprint density at radius 1 is 1.10 bits per heavy atom. The monoisotopic (exact) mass is 411 g/mol. The summed E-state index contributed by atoms with van der Waals surface area (Å²) in [5.41, 5.74) is 2.51. The van der Waals surface area contributed by atoms with E-state index in [1.165, 1.54) is 18.4 Å². The van der Waals surface area contributed by atoms with Crippen molar-refractivity contribution in [1.29, 1.82) is 0 Å². The summed E-state index contributed by atoms with van der Waals surface area (Å²) in [5, 5.41) is 12.4. The summed E-state index contributed by atoms with van der Waals surface area (Å²) in [6, 6.07) is 17.4. The summed E-state index contributed by atoms with van der Waals surface area (Å²) in [7, 11) is 0. The van der Waals surface area contributed by atoms with Crippen LogP contribution in [0.4, 0.5) is 0 Å². The number of hydrogen-bond donors (Lipinski definition) is 1. The number of rotatable bonds is 10. The molecule has 1 N–H and O–H groups in total. The van der Waals surface area contributed by atoms with Gasteiger partial charge < -0.3 is 15.1 Å². The van der Waals surface area contributed by atoms with E-state index in [1.54, 1.807) is 24.3 Å². The number of amides is 1. The van der Waals surface area contributed by atoms with E-state index < -0.39 is 5.09 Å². The lowest BCUT2D eigenvalue weighted by Gasteiger charge is -2.32. The van der Waals surface area contributed by atoms with Gasteiger partial charge in [0.15, 0.2) is 0 Å². The largest absolute Gasteiger partial charge is 0.352 e. The Bertz CT molecular complexity index is 820. The summed E-state index contributed by atoms with van der Waals surface area (Å²) in [6.07, 6.45) is 4.51. The number of benzene rings is 2. The maximum atomic E-state index is 12.3. The van der Waals surface area contributed by atoms with Gasteiger partial charge in [0.25, 0.3) is 11.0 Å². The van der Waals surface area contributed by atoms with E-state index in [4.69, 9.17) is 0 Å². The van der Waals surface area contributed by atoms with Crippen LogP contribution in [-0.4, -0.2) is 42.1 Å². The van der Waals surface area contributed by atoms with Crippen molar-refractivity contribution in [3.05, 3.63) is 81.4 Å². The fourth-order valence-corrected chi connectivity index (χ4v) is 3.90. The lowest BCUT2D eigenvalue weighted by molar-refractivity contribution is -0.763. The molecule has 160 valence electrons. The van der Waals surface area contributed by atoms with Gasteiger partial charge in [-0.15, -0.1) is 10.1 Å². The molecule has 0 saturated carbocycles. The normalized spacial score (nSPS) is 14.9. The Balaban J connectivity index is 1.32. The van der Waals surface area contributed by atoms with Crippen LogP contribution in [0.2, 0.25) is 0 Å². The van der Waals surface area contributed by atoms with Crippen molar-refractivity contribution in [2.45, 2.75) is 32.3 Å². The quantitative estimate of drug-likeness (QED) is 0.368. The molecule has 0 bridgehead atoms. The van der Waals surface area contributed by atoms with Crippen LogP contribution < -0.4 is 5.32 Å². The lowest BCUT2D eigenvalue weighted by Crippen LogP contribution is -2.36. The predicted molar refractivity (Wildman–Crippen MR) is 114 cm³/mol. The van der Waals surface area contributed by atoms with Gasteiger partial charge in [-0.3, -0.25) is 4.79 Å². The molecular weight excluding hydrogens is 382 g/mol. The molecule has 7 heteroatoms. The molecule has 0 spiro atoms. The smallest absolute Gasteiger partial charge is 0.294 e. The Labute approximate surface area is 177 Å². The Kier molecular flexibility index (Phi) is 8.20. The number of carbonyl (C=O) groups excluding carboxylic acids is 1. The van der Waals surface area contributed by atoms with Crippen molar-refractivity contribution in [2.24, 2.45) is 5.92 Å². The molecule has 1 saturated heterocycles. The van der Waals surface area contributed by atoms with Gasteiger partial charge in [-0.2, -0.15) is 0 Å². The highest BCUT2D eigenvalue weighted by molar-refractivity contribution is 5.94. The molecule has 0 atom stereocenters.